The van der Waals surface area contributed by atoms with Crippen LogP contribution in [0.3, 0.4) is 0 Å². The molecular weight excluding hydrogens is 354 g/mol. The lowest BCUT2D eigenvalue weighted by Gasteiger charge is -2.42. The maximum atomic E-state index is 12.2. The molecule has 1 aliphatic heterocycles. The molecule has 0 unspecified atom stereocenters. The van der Waals surface area contributed by atoms with Crippen molar-refractivity contribution in [2.75, 3.05) is 26.7 Å². The average molecular weight is 384 g/mol. The molecule has 0 bridgehead atoms. The van der Waals surface area contributed by atoms with E-state index < -0.39 is 0 Å². The minimum atomic E-state index is -0.0681. The maximum Gasteiger partial charge on any atom is 0.272 e. The third-order valence-electron chi connectivity index (χ3n) is 5.74. The van der Waals surface area contributed by atoms with E-state index in [-0.39, 0.29) is 5.56 Å². The molecule has 0 radical (unpaired) electrons. The number of aryl methyl sites for hydroxylation is 1. The molecule has 3 aromatic rings. The first-order valence-electron chi connectivity index (χ1n) is 10.0. The first kappa shape index (κ1) is 18.9. The van der Waals surface area contributed by atoms with Gasteiger partial charge in [0.1, 0.15) is 0 Å². The summed E-state index contributed by atoms with van der Waals surface area (Å²) in [5, 5.41) is 7.29. The zero-order valence-corrected chi connectivity index (χ0v) is 16.9. The fourth-order valence-corrected chi connectivity index (χ4v) is 4.57. The Morgan fingerprint density at radius 3 is 3.00 bits per heavy atom. The van der Waals surface area contributed by atoms with Crippen LogP contribution < -0.4 is 5.56 Å². The van der Waals surface area contributed by atoms with Crippen molar-refractivity contribution < 1.29 is 0 Å². The van der Waals surface area contributed by atoms with Crippen molar-refractivity contribution >= 4 is 5.65 Å². The van der Waals surface area contributed by atoms with E-state index in [4.69, 9.17) is 0 Å². The molecule has 150 valence electrons. The highest BCUT2D eigenvalue weighted by Gasteiger charge is 2.33. The van der Waals surface area contributed by atoms with Crippen molar-refractivity contribution in [1.29, 1.82) is 0 Å². The molecule has 1 fully saturated rings. The van der Waals surface area contributed by atoms with E-state index in [1.54, 1.807) is 12.3 Å². The second kappa shape index (κ2) is 7.89. The van der Waals surface area contributed by atoms with Gasteiger partial charge in [0.05, 0.1) is 11.9 Å². The number of rotatable bonds is 6. The van der Waals surface area contributed by atoms with Gasteiger partial charge < -0.3 is 4.90 Å². The Labute approximate surface area is 164 Å². The SMILES string of the molecule is CCN1CCC[C@@H](CN(C)Cc2cc(=O)n3[nH]ccc3n2)[C@@H]1c1cnn(C)c1. The summed E-state index contributed by atoms with van der Waals surface area (Å²) in [6.45, 7) is 6.05. The van der Waals surface area contributed by atoms with Crippen LogP contribution in [0.1, 0.15) is 37.1 Å². The van der Waals surface area contributed by atoms with E-state index in [9.17, 15) is 4.79 Å². The topological polar surface area (TPSA) is 74.5 Å². The fourth-order valence-electron chi connectivity index (χ4n) is 4.57. The summed E-state index contributed by atoms with van der Waals surface area (Å²) in [5.41, 5.74) is 2.71. The number of nitrogens with one attached hydrogen (secondary N) is 1. The van der Waals surface area contributed by atoms with Crippen LogP contribution >= 0.6 is 0 Å². The molecule has 3 aromatic heterocycles. The molecule has 1 N–H and O–H groups in total. The summed E-state index contributed by atoms with van der Waals surface area (Å²) in [5.74, 6) is 0.528. The highest BCUT2D eigenvalue weighted by Crippen LogP contribution is 2.36. The number of likely N-dealkylation sites (tertiary alicyclic amines) is 1. The highest BCUT2D eigenvalue weighted by atomic mass is 16.1. The van der Waals surface area contributed by atoms with E-state index in [1.807, 2.05) is 24.0 Å². The molecule has 8 nitrogen and oxygen atoms in total. The van der Waals surface area contributed by atoms with Gasteiger partial charge in [-0.15, -0.1) is 0 Å². The third kappa shape index (κ3) is 3.74. The maximum absolute atomic E-state index is 12.2. The summed E-state index contributed by atoms with van der Waals surface area (Å²) in [4.78, 5) is 21.7. The van der Waals surface area contributed by atoms with Crippen molar-refractivity contribution in [2.24, 2.45) is 13.0 Å². The van der Waals surface area contributed by atoms with Crippen LogP contribution in [0, 0.1) is 5.92 Å². The average Bonchev–Trinajstić information content (AvgIpc) is 3.30. The van der Waals surface area contributed by atoms with Crippen LogP contribution in [0.4, 0.5) is 0 Å². The number of piperidine rings is 1. The van der Waals surface area contributed by atoms with Crippen molar-refractivity contribution in [3.8, 4) is 0 Å². The molecule has 0 saturated carbocycles. The lowest BCUT2D eigenvalue weighted by atomic mass is 9.85. The van der Waals surface area contributed by atoms with Crippen molar-refractivity contribution in [3.63, 3.8) is 0 Å². The molecule has 28 heavy (non-hydrogen) atoms. The number of aromatic nitrogens is 5. The number of nitrogens with zero attached hydrogens (tertiary/aromatic N) is 6. The molecule has 4 heterocycles. The van der Waals surface area contributed by atoms with Crippen LogP contribution in [0.25, 0.3) is 5.65 Å². The Bertz CT molecular complexity index is 988. The Balaban J connectivity index is 1.51. The lowest BCUT2D eigenvalue weighted by molar-refractivity contribution is 0.0747. The zero-order valence-electron chi connectivity index (χ0n) is 16.9. The highest BCUT2D eigenvalue weighted by molar-refractivity contribution is 5.36. The van der Waals surface area contributed by atoms with Gasteiger partial charge in [0, 0.05) is 56.3 Å². The fraction of sp³-hybridized carbons (Fsp3) is 0.550. The summed E-state index contributed by atoms with van der Waals surface area (Å²) in [6.07, 6.45) is 8.31. The van der Waals surface area contributed by atoms with E-state index in [1.165, 1.54) is 22.9 Å². The molecule has 2 atom stereocenters. The molecule has 0 aromatic carbocycles. The van der Waals surface area contributed by atoms with Gasteiger partial charge >= 0.3 is 0 Å². The van der Waals surface area contributed by atoms with Crippen LogP contribution in [-0.4, -0.2) is 60.9 Å². The molecule has 1 aliphatic rings. The minimum absolute atomic E-state index is 0.0681. The lowest BCUT2D eigenvalue weighted by Crippen LogP contribution is -2.42. The minimum Gasteiger partial charge on any atom is -0.300 e. The van der Waals surface area contributed by atoms with E-state index >= 15 is 0 Å². The van der Waals surface area contributed by atoms with Gasteiger partial charge in [0.15, 0.2) is 5.65 Å². The molecular formula is C20H29N7O. The second-order valence-corrected chi connectivity index (χ2v) is 7.86. The molecule has 4 rings (SSSR count). The Kier molecular flexibility index (Phi) is 5.32. The van der Waals surface area contributed by atoms with Gasteiger partial charge in [0.2, 0.25) is 0 Å². The molecule has 0 spiro atoms. The number of aromatic amines is 1. The second-order valence-electron chi connectivity index (χ2n) is 7.86. The first-order chi connectivity index (χ1) is 13.5. The molecule has 0 aliphatic carbocycles. The molecule has 1 saturated heterocycles. The van der Waals surface area contributed by atoms with Crippen LogP contribution in [0.15, 0.2) is 35.5 Å². The standard InChI is InChI=1S/C20H29N7O/c1-4-26-9-5-6-15(20(26)16-11-22-25(3)13-16)12-24(2)14-17-10-19(28)27-18(23-17)7-8-21-27/h7-8,10-11,13,15,20-21H,4-6,9,12,14H2,1-3H3/t15-,20+/m0/s1. The predicted molar refractivity (Wildman–Crippen MR) is 108 cm³/mol. The number of H-pyrrole nitrogens is 1. The normalized spacial score (nSPS) is 21.0. The third-order valence-corrected chi connectivity index (χ3v) is 5.74. The Hall–Kier alpha value is -2.45. The van der Waals surface area contributed by atoms with Gasteiger partial charge in [0.25, 0.3) is 5.56 Å². The summed E-state index contributed by atoms with van der Waals surface area (Å²) in [7, 11) is 4.09. The number of fused-ring (bicyclic) bond motifs is 1. The molecule has 8 heteroatoms. The predicted octanol–water partition coefficient (Wildman–Crippen LogP) is 1.66. The largest absolute Gasteiger partial charge is 0.300 e. The van der Waals surface area contributed by atoms with Gasteiger partial charge in [-0.3, -0.25) is 19.5 Å². The summed E-state index contributed by atoms with van der Waals surface area (Å²) < 4.78 is 3.35. The van der Waals surface area contributed by atoms with E-state index in [2.05, 4.69) is 45.1 Å². The van der Waals surface area contributed by atoms with Crippen molar-refractivity contribution in [1.82, 2.24) is 34.2 Å². The van der Waals surface area contributed by atoms with Crippen LogP contribution in [-0.2, 0) is 13.6 Å². The van der Waals surface area contributed by atoms with Crippen LogP contribution in [0.5, 0.6) is 0 Å². The Morgan fingerprint density at radius 2 is 2.25 bits per heavy atom. The summed E-state index contributed by atoms with van der Waals surface area (Å²) in [6, 6.07) is 3.84. The van der Waals surface area contributed by atoms with Crippen molar-refractivity contribution in [2.45, 2.75) is 32.4 Å². The van der Waals surface area contributed by atoms with Gasteiger partial charge in [-0.05, 0) is 38.9 Å². The number of hydrogen-bond donors (Lipinski definition) is 1. The van der Waals surface area contributed by atoms with Gasteiger partial charge in [-0.25, -0.2) is 9.50 Å². The number of hydrogen-bond acceptors (Lipinski definition) is 5. The van der Waals surface area contributed by atoms with Gasteiger partial charge in [-0.1, -0.05) is 6.92 Å². The van der Waals surface area contributed by atoms with Crippen molar-refractivity contribution in [3.05, 3.63) is 52.3 Å². The van der Waals surface area contributed by atoms with Crippen LogP contribution in [0.2, 0.25) is 0 Å². The summed E-state index contributed by atoms with van der Waals surface area (Å²) >= 11 is 0. The van der Waals surface area contributed by atoms with E-state index in [0.717, 1.165) is 25.3 Å². The monoisotopic (exact) mass is 383 g/mol. The molecule has 0 amide bonds. The Morgan fingerprint density at radius 1 is 1.39 bits per heavy atom. The quantitative estimate of drug-likeness (QED) is 0.701. The van der Waals surface area contributed by atoms with Gasteiger partial charge in [-0.2, -0.15) is 5.10 Å². The first-order valence-corrected chi connectivity index (χ1v) is 10.0. The van der Waals surface area contributed by atoms with E-state index in [0.29, 0.717) is 24.2 Å². The zero-order chi connectivity index (χ0) is 19.7. The smallest absolute Gasteiger partial charge is 0.272 e.